The molecule has 2 fully saturated rings. The lowest BCUT2D eigenvalue weighted by Crippen LogP contribution is -2.43. The van der Waals surface area contributed by atoms with Gasteiger partial charge in [-0.15, -0.1) is 0 Å². The Morgan fingerprint density at radius 2 is 2.00 bits per heavy atom. The van der Waals surface area contributed by atoms with E-state index in [-0.39, 0.29) is 5.91 Å². The second-order valence-corrected chi connectivity index (χ2v) is 7.19. The SMILES string of the molecule is COc1ccc(C=CC(=O)NCC2CCN(C3CCOC3)CC2)cc1OC. The molecule has 0 aromatic heterocycles. The van der Waals surface area contributed by atoms with Gasteiger partial charge in [0.05, 0.1) is 20.8 Å². The maximum Gasteiger partial charge on any atom is 0.244 e. The molecule has 2 heterocycles. The van der Waals surface area contributed by atoms with Crippen molar-refractivity contribution in [2.24, 2.45) is 5.92 Å². The van der Waals surface area contributed by atoms with Gasteiger partial charge < -0.3 is 19.5 Å². The maximum absolute atomic E-state index is 12.1. The number of carbonyl (C=O) groups excluding carboxylic acids is 1. The predicted molar refractivity (Wildman–Crippen MR) is 105 cm³/mol. The molecule has 6 nitrogen and oxygen atoms in total. The van der Waals surface area contributed by atoms with E-state index < -0.39 is 0 Å². The summed E-state index contributed by atoms with van der Waals surface area (Å²) in [6, 6.07) is 6.18. The smallest absolute Gasteiger partial charge is 0.244 e. The fraction of sp³-hybridized carbons (Fsp3) is 0.571. The maximum atomic E-state index is 12.1. The fourth-order valence-electron chi connectivity index (χ4n) is 3.76. The Balaban J connectivity index is 1.41. The first-order valence-electron chi connectivity index (χ1n) is 9.69. The molecule has 148 valence electrons. The molecule has 6 heteroatoms. The van der Waals surface area contributed by atoms with Crippen LogP contribution in [0.2, 0.25) is 0 Å². The number of nitrogens with zero attached hydrogens (tertiary/aromatic N) is 1. The second kappa shape index (κ2) is 9.76. The zero-order valence-electron chi connectivity index (χ0n) is 16.3. The van der Waals surface area contributed by atoms with Crippen molar-refractivity contribution >= 4 is 12.0 Å². The van der Waals surface area contributed by atoms with Crippen molar-refractivity contribution in [3.8, 4) is 11.5 Å². The number of amides is 1. The zero-order chi connectivity index (χ0) is 19.1. The van der Waals surface area contributed by atoms with Crippen molar-refractivity contribution in [2.45, 2.75) is 25.3 Å². The van der Waals surface area contributed by atoms with Gasteiger partial charge in [0, 0.05) is 25.3 Å². The highest BCUT2D eigenvalue weighted by molar-refractivity contribution is 5.91. The number of hydrogen-bond acceptors (Lipinski definition) is 5. The summed E-state index contributed by atoms with van der Waals surface area (Å²) in [4.78, 5) is 14.7. The lowest BCUT2D eigenvalue weighted by Gasteiger charge is -2.35. The van der Waals surface area contributed by atoms with Crippen LogP contribution in [-0.2, 0) is 9.53 Å². The summed E-state index contributed by atoms with van der Waals surface area (Å²) in [5.74, 6) is 1.83. The Kier molecular flexibility index (Phi) is 7.12. The zero-order valence-corrected chi connectivity index (χ0v) is 16.3. The van der Waals surface area contributed by atoms with Gasteiger partial charge in [0.15, 0.2) is 11.5 Å². The van der Waals surface area contributed by atoms with Crippen LogP contribution >= 0.6 is 0 Å². The van der Waals surface area contributed by atoms with Gasteiger partial charge in [0.2, 0.25) is 5.91 Å². The molecule has 1 amide bonds. The van der Waals surface area contributed by atoms with E-state index in [4.69, 9.17) is 14.2 Å². The summed E-state index contributed by atoms with van der Waals surface area (Å²) in [6.07, 6.45) is 6.79. The number of carbonyl (C=O) groups is 1. The Morgan fingerprint density at radius 1 is 1.22 bits per heavy atom. The standard InChI is InChI=1S/C21H30N2O4/c1-25-19-5-3-16(13-20(19)26-2)4-6-21(24)22-14-17-7-10-23(11-8-17)18-9-12-27-15-18/h3-6,13,17-18H,7-12,14-15H2,1-2H3,(H,22,24). The number of methoxy groups -OCH3 is 2. The largest absolute Gasteiger partial charge is 0.493 e. The minimum absolute atomic E-state index is 0.0589. The first kappa shape index (κ1) is 19.7. The average molecular weight is 374 g/mol. The highest BCUT2D eigenvalue weighted by atomic mass is 16.5. The molecule has 3 rings (SSSR count). The molecule has 1 atom stereocenters. The minimum Gasteiger partial charge on any atom is -0.493 e. The van der Waals surface area contributed by atoms with E-state index in [9.17, 15) is 4.79 Å². The number of nitrogens with one attached hydrogen (secondary N) is 1. The van der Waals surface area contributed by atoms with E-state index in [0.717, 1.165) is 57.7 Å². The minimum atomic E-state index is -0.0589. The molecule has 2 aliphatic heterocycles. The molecule has 1 aromatic carbocycles. The van der Waals surface area contributed by atoms with Gasteiger partial charge in [0.1, 0.15) is 0 Å². The number of likely N-dealkylation sites (tertiary alicyclic amines) is 1. The van der Waals surface area contributed by atoms with Crippen molar-refractivity contribution in [3.05, 3.63) is 29.8 Å². The summed E-state index contributed by atoms with van der Waals surface area (Å²) < 4.78 is 16.0. The molecule has 0 spiro atoms. The Hall–Kier alpha value is -2.05. The summed E-state index contributed by atoms with van der Waals surface area (Å²) in [6.45, 7) is 4.73. The van der Waals surface area contributed by atoms with Crippen LogP contribution in [0.4, 0.5) is 0 Å². The normalized spacial score (nSPS) is 21.5. The molecule has 27 heavy (non-hydrogen) atoms. The monoisotopic (exact) mass is 374 g/mol. The Bertz CT molecular complexity index is 648. The highest BCUT2D eigenvalue weighted by Gasteiger charge is 2.27. The van der Waals surface area contributed by atoms with Crippen LogP contribution < -0.4 is 14.8 Å². The van der Waals surface area contributed by atoms with Gasteiger partial charge in [-0.05, 0) is 62.0 Å². The number of rotatable bonds is 7. The van der Waals surface area contributed by atoms with E-state index in [0.29, 0.717) is 23.5 Å². The highest BCUT2D eigenvalue weighted by Crippen LogP contribution is 2.28. The van der Waals surface area contributed by atoms with Crippen LogP contribution in [0.15, 0.2) is 24.3 Å². The van der Waals surface area contributed by atoms with Crippen molar-refractivity contribution in [1.82, 2.24) is 10.2 Å². The number of ether oxygens (including phenoxy) is 3. The number of piperidine rings is 1. The molecule has 0 saturated carbocycles. The Labute approximate surface area is 161 Å². The van der Waals surface area contributed by atoms with Gasteiger partial charge in [0.25, 0.3) is 0 Å². The molecule has 1 aromatic rings. The van der Waals surface area contributed by atoms with Gasteiger partial charge in [-0.3, -0.25) is 9.69 Å². The van der Waals surface area contributed by atoms with E-state index in [1.807, 2.05) is 18.2 Å². The molecular formula is C21H30N2O4. The van der Waals surface area contributed by atoms with E-state index in [2.05, 4.69) is 10.2 Å². The van der Waals surface area contributed by atoms with Crippen LogP contribution in [0.3, 0.4) is 0 Å². The molecule has 0 radical (unpaired) electrons. The van der Waals surface area contributed by atoms with Crippen molar-refractivity contribution in [3.63, 3.8) is 0 Å². The summed E-state index contributed by atoms with van der Waals surface area (Å²) >= 11 is 0. The predicted octanol–water partition coefficient (Wildman–Crippen LogP) is 2.33. The Morgan fingerprint density at radius 3 is 2.67 bits per heavy atom. The summed E-state index contributed by atoms with van der Waals surface area (Å²) in [5, 5.41) is 3.03. The first-order chi connectivity index (χ1) is 13.2. The molecule has 0 aliphatic carbocycles. The van der Waals surface area contributed by atoms with Crippen molar-refractivity contribution in [2.75, 3.05) is 47.1 Å². The number of benzene rings is 1. The van der Waals surface area contributed by atoms with Gasteiger partial charge in [-0.25, -0.2) is 0 Å². The van der Waals surface area contributed by atoms with Crippen LogP contribution in [0, 0.1) is 5.92 Å². The van der Waals surface area contributed by atoms with Crippen molar-refractivity contribution in [1.29, 1.82) is 0 Å². The van der Waals surface area contributed by atoms with Crippen LogP contribution in [0.25, 0.3) is 6.08 Å². The molecule has 1 N–H and O–H groups in total. The first-order valence-corrected chi connectivity index (χ1v) is 9.69. The third-order valence-corrected chi connectivity index (χ3v) is 5.47. The topological polar surface area (TPSA) is 60.0 Å². The third kappa shape index (κ3) is 5.47. The summed E-state index contributed by atoms with van der Waals surface area (Å²) in [5.41, 5.74) is 0.898. The lowest BCUT2D eigenvalue weighted by molar-refractivity contribution is -0.116. The van der Waals surface area contributed by atoms with Crippen LogP contribution in [0.5, 0.6) is 11.5 Å². The number of hydrogen-bond donors (Lipinski definition) is 1. The van der Waals surface area contributed by atoms with Crippen molar-refractivity contribution < 1.29 is 19.0 Å². The van der Waals surface area contributed by atoms with Gasteiger partial charge in [-0.1, -0.05) is 6.07 Å². The third-order valence-electron chi connectivity index (χ3n) is 5.47. The second-order valence-electron chi connectivity index (χ2n) is 7.19. The van der Waals surface area contributed by atoms with Gasteiger partial charge >= 0.3 is 0 Å². The van der Waals surface area contributed by atoms with Crippen LogP contribution in [-0.4, -0.2) is 63.9 Å². The molecule has 2 saturated heterocycles. The molecule has 2 aliphatic rings. The molecule has 0 bridgehead atoms. The quantitative estimate of drug-likeness (QED) is 0.743. The summed E-state index contributed by atoms with van der Waals surface area (Å²) in [7, 11) is 3.20. The molecular weight excluding hydrogens is 344 g/mol. The lowest BCUT2D eigenvalue weighted by atomic mass is 9.95. The van der Waals surface area contributed by atoms with E-state index in [1.165, 1.54) is 0 Å². The molecule has 1 unspecified atom stereocenters. The van der Waals surface area contributed by atoms with Gasteiger partial charge in [-0.2, -0.15) is 0 Å². The van der Waals surface area contributed by atoms with E-state index in [1.54, 1.807) is 26.4 Å². The average Bonchev–Trinajstić information content (AvgIpc) is 3.25. The van der Waals surface area contributed by atoms with E-state index >= 15 is 0 Å². The van der Waals surface area contributed by atoms with Crippen LogP contribution in [0.1, 0.15) is 24.8 Å². The fourth-order valence-corrected chi connectivity index (χ4v) is 3.76.